The van der Waals surface area contributed by atoms with Gasteiger partial charge in [0.15, 0.2) is 0 Å². The minimum absolute atomic E-state index is 0.0523. The van der Waals surface area contributed by atoms with Gasteiger partial charge in [0.25, 0.3) is 0 Å². The number of rotatable bonds is 6. The molecule has 0 saturated heterocycles. The van der Waals surface area contributed by atoms with Crippen molar-refractivity contribution in [2.75, 3.05) is 11.5 Å². The van der Waals surface area contributed by atoms with Crippen LogP contribution in [0.4, 0.5) is 0 Å². The van der Waals surface area contributed by atoms with Crippen LogP contribution in [-0.2, 0) is 6.42 Å². The second-order valence-corrected chi connectivity index (χ2v) is 8.03. The number of hydrogen-bond acceptors (Lipinski definition) is 2. The third-order valence-electron chi connectivity index (χ3n) is 4.78. The van der Waals surface area contributed by atoms with Gasteiger partial charge in [-0.2, -0.15) is 11.8 Å². The zero-order valence-corrected chi connectivity index (χ0v) is 15.1. The Labute approximate surface area is 134 Å². The van der Waals surface area contributed by atoms with Gasteiger partial charge in [0.05, 0.1) is 0 Å². The maximum absolute atomic E-state index is 6.41. The van der Waals surface area contributed by atoms with E-state index in [1.165, 1.54) is 47.5 Å². The lowest BCUT2D eigenvalue weighted by atomic mass is 9.82. The molecule has 1 nitrogen and oxygen atoms in total. The first-order chi connectivity index (χ1) is 9.95. The molecule has 118 valence electrons. The second-order valence-electron chi connectivity index (χ2n) is 6.88. The fourth-order valence-corrected chi connectivity index (χ4v) is 4.32. The van der Waals surface area contributed by atoms with Crippen molar-refractivity contribution in [2.24, 2.45) is 5.92 Å². The van der Waals surface area contributed by atoms with Crippen molar-refractivity contribution >= 4 is 11.8 Å². The molecule has 1 aromatic rings. The molecule has 0 amide bonds. The Morgan fingerprint density at radius 3 is 2.71 bits per heavy atom. The van der Waals surface area contributed by atoms with Gasteiger partial charge in [-0.05, 0) is 63.0 Å². The first-order valence-corrected chi connectivity index (χ1v) is 9.47. The molecule has 1 aromatic carbocycles. The summed E-state index contributed by atoms with van der Waals surface area (Å²) in [6.07, 6.45) is 5.18. The van der Waals surface area contributed by atoms with Crippen LogP contribution in [0, 0.1) is 19.8 Å². The zero-order chi connectivity index (χ0) is 15.5. The van der Waals surface area contributed by atoms with E-state index < -0.39 is 0 Å². The molecule has 1 aliphatic heterocycles. The largest absolute Gasteiger partial charge is 0.487 e. The van der Waals surface area contributed by atoms with Crippen LogP contribution in [0.25, 0.3) is 0 Å². The number of unbranched alkanes of at least 4 members (excludes halogenated alkanes) is 2. The predicted octanol–water partition coefficient (Wildman–Crippen LogP) is 5.56. The molecule has 21 heavy (non-hydrogen) atoms. The molecule has 1 atom stereocenters. The number of benzene rings is 1. The van der Waals surface area contributed by atoms with Crippen LogP contribution in [0.15, 0.2) is 12.1 Å². The van der Waals surface area contributed by atoms with Crippen LogP contribution < -0.4 is 4.74 Å². The average Bonchev–Trinajstić information content (AvgIpc) is 2.44. The van der Waals surface area contributed by atoms with Crippen molar-refractivity contribution in [3.63, 3.8) is 0 Å². The Morgan fingerprint density at radius 2 is 2.00 bits per heavy atom. The Hall–Kier alpha value is -0.630. The highest BCUT2D eigenvalue weighted by molar-refractivity contribution is 7.99. The van der Waals surface area contributed by atoms with Crippen molar-refractivity contribution in [3.8, 4) is 5.75 Å². The number of aryl methyl sites for hydroxylation is 1. The monoisotopic (exact) mass is 306 g/mol. The molecule has 0 radical (unpaired) electrons. The van der Waals surface area contributed by atoms with Gasteiger partial charge in [0.2, 0.25) is 0 Å². The smallest absolute Gasteiger partial charge is 0.126 e. The summed E-state index contributed by atoms with van der Waals surface area (Å²) >= 11 is 2.10. The standard InChI is InChI=1S/C19H30OS/c1-6-7-8-11-21-13-17-12-16-10-9-14(2)15(3)18(16)20-19(17,4)5/h9-10,17H,6-8,11-13H2,1-5H3. The van der Waals surface area contributed by atoms with E-state index in [2.05, 4.69) is 58.5 Å². The van der Waals surface area contributed by atoms with E-state index in [0.29, 0.717) is 5.92 Å². The summed E-state index contributed by atoms with van der Waals surface area (Å²) in [6.45, 7) is 11.1. The summed E-state index contributed by atoms with van der Waals surface area (Å²) in [6, 6.07) is 4.50. The third-order valence-corrected chi connectivity index (χ3v) is 6.00. The van der Waals surface area contributed by atoms with Crippen molar-refractivity contribution in [3.05, 3.63) is 28.8 Å². The summed E-state index contributed by atoms with van der Waals surface area (Å²) in [5, 5.41) is 0. The highest BCUT2D eigenvalue weighted by atomic mass is 32.2. The van der Waals surface area contributed by atoms with Crippen LogP contribution in [0.3, 0.4) is 0 Å². The molecule has 0 aliphatic carbocycles. The average molecular weight is 307 g/mol. The molecule has 0 N–H and O–H groups in total. The van der Waals surface area contributed by atoms with E-state index in [-0.39, 0.29) is 5.60 Å². The van der Waals surface area contributed by atoms with E-state index in [9.17, 15) is 0 Å². The van der Waals surface area contributed by atoms with Crippen molar-refractivity contribution in [1.29, 1.82) is 0 Å². The normalized spacial score (nSPS) is 20.0. The van der Waals surface area contributed by atoms with Gasteiger partial charge in [0, 0.05) is 11.7 Å². The second kappa shape index (κ2) is 7.09. The lowest BCUT2D eigenvalue weighted by molar-refractivity contribution is 0.0368. The molecule has 0 aromatic heterocycles. The van der Waals surface area contributed by atoms with Crippen molar-refractivity contribution in [2.45, 2.75) is 65.9 Å². The number of ether oxygens (including phenoxy) is 1. The first kappa shape index (κ1) is 16.7. The van der Waals surface area contributed by atoms with Crippen molar-refractivity contribution < 1.29 is 4.74 Å². The Bertz CT molecular complexity index is 479. The topological polar surface area (TPSA) is 9.23 Å². The van der Waals surface area contributed by atoms with E-state index in [1.807, 2.05) is 0 Å². The van der Waals surface area contributed by atoms with Gasteiger partial charge in [-0.3, -0.25) is 0 Å². The maximum Gasteiger partial charge on any atom is 0.126 e. The summed E-state index contributed by atoms with van der Waals surface area (Å²) in [5.41, 5.74) is 3.99. The Kier molecular flexibility index (Phi) is 5.65. The number of thioether (sulfide) groups is 1. The molecule has 0 saturated carbocycles. The van der Waals surface area contributed by atoms with E-state index in [0.717, 1.165) is 12.2 Å². The molecular weight excluding hydrogens is 276 g/mol. The quantitative estimate of drug-likeness (QED) is 0.637. The molecule has 0 spiro atoms. The lowest BCUT2D eigenvalue weighted by Gasteiger charge is -2.41. The summed E-state index contributed by atoms with van der Waals surface area (Å²) in [7, 11) is 0. The molecule has 1 unspecified atom stereocenters. The summed E-state index contributed by atoms with van der Waals surface area (Å²) in [5.74, 6) is 4.26. The van der Waals surface area contributed by atoms with Crippen LogP contribution >= 0.6 is 11.8 Å². The highest BCUT2D eigenvalue weighted by Gasteiger charge is 2.37. The molecular formula is C19H30OS. The van der Waals surface area contributed by atoms with Gasteiger partial charge in [-0.15, -0.1) is 0 Å². The Balaban J connectivity index is 2.02. The maximum atomic E-state index is 6.41. The van der Waals surface area contributed by atoms with E-state index in [1.54, 1.807) is 0 Å². The first-order valence-electron chi connectivity index (χ1n) is 8.31. The number of hydrogen-bond donors (Lipinski definition) is 0. The van der Waals surface area contributed by atoms with Gasteiger partial charge < -0.3 is 4.74 Å². The summed E-state index contributed by atoms with van der Waals surface area (Å²) in [4.78, 5) is 0. The molecule has 2 heteroatoms. The molecule has 0 fully saturated rings. The summed E-state index contributed by atoms with van der Waals surface area (Å²) < 4.78 is 6.41. The Morgan fingerprint density at radius 1 is 1.24 bits per heavy atom. The molecule has 1 heterocycles. The predicted molar refractivity (Wildman–Crippen MR) is 94.7 cm³/mol. The van der Waals surface area contributed by atoms with Gasteiger partial charge in [-0.1, -0.05) is 31.9 Å². The molecule has 0 bridgehead atoms. The fourth-order valence-electron chi connectivity index (χ4n) is 2.95. The van der Waals surface area contributed by atoms with Crippen LogP contribution in [0.2, 0.25) is 0 Å². The van der Waals surface area contributed by atoms with Gasteiger partial charge in [-0.25, -0.2) is 0 Å². The van der Waals surface area contributed by atoms with E-state index >= 15 is 0 Å². The highest BCUT2D eigenvalue weighted by Crippen LogP contribution is 2.41. The molecule has 2 rings (SSSR count). The van der Waals surface area contributed by atoms with E-state index in [4.69, 9.17) is 4.74 Å². The third kappa shape index (κ3) is 3.97. The minimum Gasteiger partial charge on any atom is -0.487 e. The number of fused-ring (bicyclic) bond motifs is 1. The van der Waals surface area contributed by atoms with Crippen LogP contribution in [0.1, 0.15) is 56.7 Å². The lowest BCUT2D eigenvalue weighted by Crippen LogP contribution is -2.43. The van der Waals surface area contributed by atoms with Crippen molar-refractivity contribution in [1.82, 2.24) is 0 Å². The zero-order valence-electron chi connectivity index (χ0n) is 14.3. The minimum atomic E-state index is -0.0523. The van der Waals surface area contributed by atoms with Gasteiger partial charge in [0.1, 0.15) is 11.4 Å². The van der Waals surface area contributed by atoms with Gasteiger partial charge >= 0.3 is 0 Å². The van der Waals surface area contributed by atoms with Crippen LogP contribution in [0.5, 0.6) is 5.75 Å². The van der Waals surface area contributed by atoms with Crippen LogP contribution in [-0.4, -0.2) is 17.1 Å². The molecule has 1 aliphatic rings. The fraction of sp³-hybridized carbons (Fsp3) is 0.684. The SMILES string of the molecule is CCCCCSCC1Cc2ccc(C)c(C)c2OC1(C)C.